The lowest BCUT2D eigenvalue weighted by Gasteiger charge is -2.15. The molecule has 0 aliphatic carbocycles. The quantitative estimate of drug-likeness (QED) is 0.528. The molecule has 0 heterocycles. The number of hydrogen-bond donors (Lipinski definition) is 3. The number of thiocarbonyl (C=S) groups is 1. The van der Waals surface area contributed by atoms with E-state index in [4.69, 9.17) is 10.3 Å². The van der Waals surface area contributed by atoms with Crippen LogP contribution in [0, 0.1) is 0 Å². The fourth-order valence-corrected chi connectivity index (χ4v) is 2.06. The number of nitrogens with one attached hydrogen (secondary N) is 1. The van der Waals surface area contributed by atoms with Crippen LogP contribution in [0.25, 0.3) is 0 Å². The zero-order valence-corrected chi connectivity index (χ0v) is 9.25. The molecular formula is C8H10N2O3S2. The van der Waals surface area contributed by atoms with Gasteiger partial charge in [-0.3, -0.25) is 4.55 Å². The van der Waals surface area contributed by atoms with Gasteiger partial charge in [0.15, 0.2) is 10.5 Å². The summed E-state index contributed by atoms with van der Waals surface area (Å²) in [6.07, 6.45) is 0. The summed E-state index contributed by atoms with van der Waals surface area (Å²) in [5.41, 5.74) is 5.54. The lowest BCUT2D eigenvalue weighted by Crippen LogP contribution is -2.36. The highest BCUT2D eigenvalue weighted by molar-refractivity contribution is 7.86. The summed E-state index contributed by atoms with van der Waals surface area (Å²) in [6.45, 7) is 0. The van der Waals surface area contributed by atoms with Crippen LogP contribution in [-0.4, -0.2) is 18.1 Å². The van der Waals surface area contributed by atoms with Gasteiger partial charge in [-0.25, -0.2) is 0 Å². The zero-order chi connectivity index (χ0) is 11.5. The second kappa shape index (κ2) is 4.56. The Bertz CT molecular complexity index is 444. The average Bonchev–Trinajstić information content (AvgIpc) is 2.14. The second-order valence-corrected chi connectivity index (χ2v) is 4.76. The maximum atomic E-state index is 11.0. The van der Waals surface area contributed by atoms with Crippen molar-refractivity contribution in [3.8, 4) is 0 Å². The van der Waals surface area contributed by atoms with E-state index in [1.54, 1.807) is 30.3 Å². The van der Waals surface area contributed by atoms with E-state index >= 15 is 0 Å². The molecule has 0 bridgehead atoms. The van der Waals surface area contributed by atoms with Crippen LogP contribution in [0.15, 0.2) is 30.3 Å². The van der Waals surface area contributed by atoms with Gasteiger partial charge in [-0.05, 0) is 17.8 Å². The lowest BCUT2D eigenvalue weighted by atomic mass is 10.2. The summed E-state index contributed by atoms with van der Waals surface area (Å²) >= 11 is 4.53. The minimum Gasteiger partial charge on any atom is -0.376 e. The molecule has 4 N–H and O–H groups in total. The summed E-state index contributed by atoms with van der Waals surface area (Å²) in [5.74, 6) is 0. The SMILES string of the molecule is NC(=S)NC(c1ccccc1)S(=O)(=O)O. The number of hydrogen-bond acceptors (Lipinski definition) is 3. The standard InChI is InChI=1S/C8H10N2O3S2/c9-8(14)10-7(15(11,12)13)6-4-2-1-3-5-6/h1-5,7H,(H3,9,10,14)(H,11,12,13). The topological polar surface area (TPSA) is 92.4 Å². The Balaban J connectivity index is 3.08. The van der Waals surface area contributed by atoms with Crippen molar-refractivity contribution in [2.45, 2.75) is 5.37 Å². The summed E-state index contributed by atoms with van der Waals surface area (Å²) in [7, 11) is -4.29. The monoisotopic (exact) mass is 246 g/mol. The Morgan fingerprint density at radius 2 is 1.93 bits per heavy atom. The maximum Gasteiger partial charge on any atom is 0.290 e. The van der Waals surface area contributed by atoms with Crippen LogP contribution in [0.4, 0.5) is 0 Å². The fraction of sp³-hybridized carbons (Fsp3) is 0.125. The molecule has 0 spiro atoms. The molecule has 1 aromatic rings. The molecule has 0 amide bonds. The van der Waals surface area contributed by atoms with Gasteiger partial charge >= 0.3 is 0 Å². The highest BCUT2D eigenvalue weighted by Gasteiger charge is 2.24. The third-order valence-electron chi connectivity index (χ3n) is 1.67. The number of rotatable bonds is 3. The van der Waals surface area contributed by atoms with Gasteiger partial charge in [-0.1, -0.05) is 30.3 Å². The van der Waals surface area contributed by atoms with Crippen molar-refractivity contribution in [3.63, 3.8) is 0 Å². The van der Waals surface area contributed by atoms with E-state index in [9.17, 15) is 8.42 Å². The van der Waals surface area contributed by atoms with Crippen molar-refractivity contribution in [3.05, 3.63) is 35.9 Å². The maximum absolute atomic E-state index is 11.0. The first-order valence-corrected chi connectivity index (χ1v) is 5.89. The van der Waals surface area contributed by atoms with Gasteiger partial charge < -0.3 is 11.1 Å². The molecule has 82 valence electrons. The molecule has 0 aliphatic rings. The van der Waals surface area contributed by atoms with Crippen molar-refractivity contribution < 1.29 is 13.0 Å². The Morgan fingerprint density at radius 1 is 1.40 bits per heavy atom. The second-order valence-electron chi connectivity index (χ2n) is 2.81. The molecule has 15 heavy (non-hydrogen) atoms. The summed E-state index contributed by atoms with van der Waals surface area (Å²) in [4.78, 5) is 0. The van der Waals surface area contributed by atoms with E-state index < -0.39 is 15.5 Å². The smallest absolute Gasteiger partial charge is 0.290 e. The Kier molecular flexibility index (Phi) is 3.61. The first-order chi connectivity index (χ1) is 6.91. The molecule has 0 aromatic heterocycles. The summed E-state index contributed by atoms with van der Waals surface area (Å²) in [5, 5.41) is 0.791. The average molecular weight is 246 g/mol. The van der Waals surface area contributed by atoms with Gasteiger partial charge in [-0.2, -0.15) is 8.42 Å². The van der Waals surface area contributed by atoms with Crippen LogP contribution in [-0.2, 0) is 10.1 Å². The predicted molar refractivity (Wildman–Crippen MR) is 60.7 cm³/mol. The molecule has 1 unspecified atom stereocenters. The van der Waals surface area contributed by atoms with Gasteiger partial charge in [0, 0.05) is 0 Å². The predicted octanol–water partition coefficient (Wildman–Crippen LogP) is 0.406. The van der Waals surface area contributed by atoms with Gasteiger partial charge in [0.25, 0.3) is 10.1 Å². The van der Waals surface area contributed by atoms with Crippen LogP contribution in [0.3, 0.4) is 0 Å². The molecule has 5 nitrogen and oxygen atoms in total. The summed E-state index contributed by atoms with van der Waals surface area (Å²) in [6, 6.07) is 8.11. The van der Waals surface area contributed by atoms with E-state index in [-0.39, 0.29) is 5.11 Å². The van der Waals surface area contributed by atoms with Crippen LogP contribution < -0.4 is 11.1 Å². The Morgan fingerprint density at radius 3 is 2.33 bits per heavy atom. The van der Waals surface area contributed by atoms with Crippen LogP contribution in [0.5, 0.6) is 0 Å². The lowest BCUT2D eigenvalue weighted by molar-refractivity contribution is 0.464. The fourth-order valence-electron chi connectivity index (χ4n) is 1.09. The van der Waals surface area contributed by atoms with Gasteiger partial charge in [-0.15, -0.1) is 0 Å². The van der Waals surface area contributed by atoms with Gasteiger partial charge in [0.2, 0.25) is 0 Å². The summed E-state index contributed by atoms with van der Waals surface area (Å²) < 4.78 is 31.1. The van der Waals surface area contributed by atoms with Gasteiger partial charge in [0.1, 0.15) is 0 Å². The molecule has 0 radical (unpaired) electrons. The highest BCUT2D eigenvalue weighted by Crippen LogP contribution is 2.17. The van der Waals surface area contributed by atoms with Crippen molar-refractivity contribution in [2.24, 2.45) is 5.73 Å². The molecule has 0 saturated heterocycles. The van der Waals surface area contributed by atoms with E-state index in [1.165, 1.54) is 0 Å². The Labute approximate surface area is 93.0 Å². The van der Waals surface area contributed by atoms with Crippen LogP contribution in [0.2, 0.25) is 0 Å². The van der Waals surface area contributed by atoms with Crippen LogP contribution >= 0.6 is 12.2 Å². The van der Waals surface area contributed by atoms with Crippen molar-refractivity contribution >= 4 is 27.4 Å². The van der Waals surface area contributed by atoms with E-state index in [2.05, 4.69) is 17.5 Å². The minimum absolute atomic E-state index is 0.193. The molecule has 1 atom stereocenters. The number of nitrogens with two attached hydrogens (primary N) is 1. The normalized spacial score (nSPS) is 13.1. The Hall–Kier alpha value is -1.18. The third-order valence-corrected chi connectivity index (χ3v) is 2.78. The first kappa shape index (κ1) is 11.9. The first-order valence-electron chi connectivity index (χ1n) is 3.98. The molecular weight excluding hydrogens is 236 g/mol. The minimum atomic E-state index is -4.29. The van der Waals surface area contributed by atoms with E-state index in [0.29, 0.717) is 5.56 Å². The zero-order valence-electron chi connectivity index (χ0n) is 7.62. The van der Waals surface area contributed by atoms with Crippen molar-refractivity contribution in [1.29, 1.82) is 0 Å². The largest absolute Gasteiger partial charge is 0.376 e. The molecule has 7 heteroatoms. The van der Waals surface area contributed by atoms with E-state index in [1.807, 2.05) is 0 Å². The third kappa shape index (κ3) is 3.46. The van der Waals surface area contributed by atoms with Crippen molar-refractivity contribution in [1.82, 2.24) is 5.32 Å². The van der Waals surface area contributed by atoms with Gasteiger partial charge in [0.05, 0.1) is 0 Å². The highest BCUT2D eigenvalue weighted by atomic mass is 32.2. The molecule has 0 saturated carbocycles. The molecule has 0 fully saturated rings. The van der Waals surface area contributed by atoms with Crippen LogP contribution in [0.1, 0.15) is 10.9 Å². The molecule has 0 aliphatic heterocycles. The van der Waals surface area contributed by atoms with E-state index in [0.717, 1.165) is 0 Å². The number of benzene rings is 1. The molecule has 1 aromatic carbocycles. The molecule has 1 rings (SSSR count). The van der Waals surface area contributed by atoms with Crippen molar-refractivity contribution in [2.75, 3.05) is 0 Å².